The Morgan fingerprint density at radius 2 is 0.735 bits per heavy atom. The molecule has 23 heteroatoms. The van der Waals surface area contributed by atoms with Crippen molar-refractivity contribution in [3.63, 3.8) is 0 Å². The Bertz CT molecular complexity index is 1440. The molecule has 2 aliphatic heterocycles. The molecule has 49 heavy (non-hydrogen) atoms. The van der Waals surface area contributed by atoms with Crippen LogP contribution in [0.3, 0.4) is 0 Å². The molecule has 0 amide bonds. The van der Waals surface area contributed by atoms with Crippen molar-refractivity contribution < 1.29 is 96.9 Å². The van der Waals surface area contributed by atoms with Gasteiger partial charge in [-0.3, -0.25) is 0 Å². The first-order valence-corrected chi connectivity index (χ1v) is 15.4. The van der Waals surface area contributed by atoms with Gasteiger partial charge >= 0.3 is 260 Å². The maximum atomic E-state index is 15.6. The van der Waals surface area contributed by atoms with E-state index in [0.29, 0.717) is 12.1 Å². The topological polar surface area (TPSA) is 18.5 Å². The van der Waals surface area contributed by atoms with Crippen molar-refractivity contribution in [2.75, 3.05) is 6.16 Å². The molecule has 1 spiro atoms. The van der Waals surface area contributed by atoms with E-state index in [1.54, 1.807) is 0 Å². The molecule has 0 N–H and O–H groups in total. The van der Waals surface area contributed by atoms with Crippen molar-refractivity contribution in [1.82, 2.24) is 0 Å². The number of halogens is 20. The number of hydrogen-bond donors (Lipinski definition) is 0. The normalized spacial score (nSPS) is 21.6. The fraction of sp³-hybridized carbons (Fsp3) is 0.538. The summed E-state index contributed by atoms with van der Waals surface area (Å²) in [6.45, 7) is 1.02. The van der Waals surface area contributed by atoms with Crippen molar-refractivity contribution in [1.29, 1.82) is 0 Å². The fourth-order valence-corrected chi connectivity index (χ4v) is 12.5. The van der Waals surface area contributed by atoms with Crippen LogP contribution in [0.25, 0.3) is 0 Å². The van der Waals surface area contributed by atoms with Crippen LogP contribution in [0.2, 0.25) is 0 Å². The van der Waals surface area contributed by atoms with Gasteiger partial charge in [0, 0.05) is 0 Å². The number of unbranched alkanes of at least 4 members (excludes halogenated alkanes) is 1. The minimum absolute atomic E-state index is 0.0200. The Balaban J connectivity index is 2.42. The second kappa shape index (κ2) is 10.5. The van der Waals surface area contributed by atoms with Crippen LogP contribution in [0.4, 0.5) is 87.8 Å². The van der Waals surface area contributed by atoms with Crippen LogP contribution < -0.4 is 10.6 Å². The summed E-state index contributed by atoms with van der Waals surface area (Å²) in [6, 6.07) is 0.463. The fourth-order valence-electron chi connectivity index (χ4n) is 6.23. The van der Waals surface area contributed by atoms with E-state index in [1.807, 2.05) is 0 Å². The second-order valence-electron chi connectivity index (χ2n) is 11.1. The summed E-state index contributed by atoms with van der Waals surface area (Å²) in [6.07, 6.45) is -33.8. The van der Waals surface area contributed by atoms with Gasteiger partial charge in [-0.05, 0) is 0 Å². The van der Waals surface area contributed by atoms with Gasteiger partial charge in [-0.2, -0.15) is 0 Å². The molecule has 278 valence electrons. The van der Waals surface area contributed by atoms with E-state index in [2.05, 4.69) is 9.05 Å². The molecule has 0 aliphatic carbocycles. The number of fused-ring (bicyclic) bond motifs is 4. The van der Waals surface area contributed by atoms with Crippen molar-refractivity contribution in [3.8, 4) is 0 Å². The number of rotatable bonds is 7. The van der Waals surface area contributed by atoms with Crippen molar-refractivity contribution in [3.05, 3.63) is 59.7 Å². The first-order chi connectivity index (χ1) is 21.8. The van der Waals surface area contributed by atoms with Crippen LogP contribution in [0.5, 0.6) is 0 Å². The third kappa shape index (κ3) is 4.40. The zero-order valence-electron chi connectivity index (χ0n) is 23.6. The molecule has 2 aromatic carbocycles. The molecule has 4 rings (SSSR count). The van der Waals surface area contributed by atoms with Gasteiger partial charge in [-0.15, -0.1) is 0 Å². The molecule has 2 aromatic rings. The van der Waals surface area contributed by atoms with E-state index >= 15 is 35.1 Å². The van der Waals surface area contributed by atoms with E-state index in [-0.39, 0.29) is 36.4 Å². The molecule has 0 fully saturated rings. The summed E-state index contributed by atoms with van der Waals surface area (Å²) in [5, 5.41) is -4.06. The molecule has 0 radical (unpaired) electrons. The van der Waals surface area contributed by atoms with Crippen LogP contribution in [0, 0.1) is 0 Å². The van der Waals surface area contributed by atoms with Crippen LogP contribution in [-0.2, 0) is 20.2 Å². The summed E-state index contributed by atoms with van der Waals surface area (Å²) in [7, 11) is -7.88. The van der Waals surface area contributed by atoms with Crippen molar-refractivity contribution >= 4 is 17.7 Å². The summed E-state index contributed by atoms with van der Waals surface area (Å²) in [4.78, 5) is 0. The van der Waals surface area contributed by atoms with Gasteiger partial charge < -0.3 is 0 Å². The van der Waals surface area contributed by atoms with Crippen molar-refractivity contribution in [2.45, 2.75) is 79.4 Å². The van der Waals surface area contributed by atoms with Crippen LogP contribution >= 0.6 is 7.06 Å². The Labute approximate surface area is 260 Å². The van der Waals surface area contributed by atoms with E-state index in [1.165, 1.54) is 0 Å². The number of hydrogen-bond acceptors (Lipinski definition) is 2. The predicted molar refractivity (Wildman–Crippen MR) is 128 cm³/mol. The molecular weight excluding hydrogens is 755 g/mol. The molecule has 2 nitrogen and oxygen atoms in total. The van der Waals surface area contributed by atoms with Crippen molar-refractivity contribution in [2.24, 2.45) is 0 Å². The van der Waals surface area contributed by atoms with Gasteiger partial charge in [0.25, 0.3) is 0 Å². The first-order valence-electron chi connectivity index (χ1n) is 13.2. The molecule has 2 heterocycles. The molecule has 0 aromatic heterocycles. The molecule has 0 saturated carbocycles. The Morgan fingerprint density at radius 1 is 0.469 bits per heavy atom. The van der Waals surface area contributed by atoms with Gasteiger partial charge in [-0.25, -0.2) is 0 Å². The number of alkyl halides is 20. The summed E-state index contributed by atoms with van der Waals surface area (Å²) >= 11 is 0. The quantitative estimate of drug-likeness (QED) is 0.206. The van der Waals surface area contributed by atoms with Gasteiger partial charge in [0.05, 0.1) is 0 Å². The number of benzene rings is 2. The zero-order chi connectivity index (χ0) is 37.9. The van der Waals surface area contributed by atoms with E-state index in [0.717, 1.165) is 6.92 Å². The maximum absolute atomic E-state index is 15.6. The Hall–Kier alpha value is -2.61. The molecule has 0 bridgehead atoms. The molecular formula is C26H17F20O2P. The summed E-state index contributed by atoms with van der Waals surface area (Å²) in [5.41, 5.74) is -18.6. The van der Waals surface area contributed by atoms with Gasteiger partial charge in [-0.1, -0.05) is 0 Å². The monoisotopic (exact) mass is 772 g/mol. The predicted octanol–water partition coefficient (Wildman–Crippen LogP) is 10.1. The molecule has 2 aliphatic rings. The molecule has 0 unspecified atom stereocenters. The SMILES string of the molecule is CCCCP12(OC(C(F)(F)C(F)(F)F)(C(F)(F)C(F)(F)F)c3ccccc31)OC(C(F)(F)C(F)(F)F)(C(F)(F)C(F)(F)F)c1ccccc12. The third-order valence-electron chi connectivity index (χ3n) is 8.31. The second-order valence-corrected chi connectivity index (χ2v) is 15.1. The average Bonchev–Trinajstić information content (AvgIpc) is 3.38. The first kappa shape index (κ1) is 39.2. The molecule has 0 atom stereocenters. The zero-order valence-corrected chi connectivity index (χ0v) is 24.5. The molecule has 0 saturated heterocycles. The minimum atomic E-state index is -7.88. The van der Waals surface area contributed by atoms with E-state index in [9.17, 15) is 52.7 Å². The van der Waals surface area contributed by atoms with Gasteiger partial charge in [0.1, 0.15) is 0 Å². The van der Waals surface area contributed by atoms with Crippen LogP contribution in [-0.4, -0.2) is 54.6 Å². The van der Waals surface area contributed by atoms with E-state index in [4.69, 9.17) is 0 Å². The average molecular weight is 772 g/mol. The Morgan fingerprint density at radius 3 is 0.980 bits per heavy atom. The van der Waals surface area contributed by atoms with Crippen LogP contribution in [0.1, 0.15) is 30.9 Å². The Kier molecular flexibility index (Phi) is 8.38. The van der Waals surface area contributed by atoms with Gasteiger partial charge in [0.15, 0.2) is 0 Å². The summed E-state index contributed by atoms with van der Waals surface area (Å²) < 4.78 is 302. The standard InChI is InChI=1S/C26H17F20O2P/c1-2-3-12-49(15-10-6-4-8-13(15)17(47-49,19(27,28)23(35,36)37)20(29,30)24(38,39)40)16-11-7-5-9-14(16)18(48-49,21(31,32)25(41,42)43)22(33,34)26(44,45)46/h4-11H,2-3,12H2,1H3. The van der Waals surface area contributed by atoms with Crippen LogP contribution in [0.15, 0.2) is 48.5 Å². The van der Waals surface area contributed by atoms with Gasteiger partial charge in [0.2, 0.25) is 0 Å². The summed E-state index contributed by atoms with van der Waals surface area (Å²) in [5.74, 6) is -30.3. The van der Waals surface area contributed by atoms with E-state index < -0.39 is 107 Å². The third-order valence-corrected chi connectivity index (χ3v) is 13.5.